The van der Waals surface area contributed by atoms with Crippen molar-refractivity contribution < 1.29 is 14.7 Å². The molecule has 2 atom stereocenters. The van der Waals surface area contributed by atoms with Gasteiger partial charge in [0.25, 0.3) is 0 Å². The Hall–Kier alpha value is -2.37. The van der Waals surface area contributed by atoms with Crippen molar-refractivity contribution in [2.45, 2.75) is 46.2 Å². The molecule has 0 saturated carbocycles. The highest BCUT2D eigenvalue weighted by Crippen LogP contribution is 2.16. The fraction of sp³-hybridized carbons (Fsp3) is 0.471. The zero-order valence-electron chi connectivity index (χ0n) is 13.7. The molecule has 0 spiro atoms. The van der Waals surface area contributed by atoms with Crippen LogP contribution in [0.4, 0.5) is 0 Å². The number of nitrogens with one attached hydrogen (secondary N) is 1. The minimum Gasteiger partial charge on any atom is -0.480 e. The number of para-hydroxylation sites is 2. The second kappa shape index (κ2) is 7.26. The number of benzene rings is 1. The van der Waals surface area contributed by atoms with Gasteiger partial charge in [0.1, 0.15) is 18.4 Å². The van der Waals surface area contributed by atoms with Crippen LogP contribution in [0.5, 0.6) is 0 Å². The number of aryl methyl sites for hydroxylation is 1. The average Bonchev–Trinajstić information content (AvgIpc) is 2.89. The number of carbonyl (C=O) groups is 2. The summed E-state index contributed by atoms with van der Waals surface area (Å²) in [4.78, 5) is 28.2. The Balaban J connectivity index is 2.21. The van der Waals surface area contributed by atoms with Gasteiger partial charge in [0.15, 0.2) is 0 Å². The first-order valence-corrected chi connectivity index (χ1v) is 7.94. The summed E-state index contributed by atoms with van der Waals surface area (Å²) < 4.78 is 1.85. The maximum absolute atomic E-state index is 12.3. The van der Waals surface area contributed by atoms with Crippen molar-refractivity contribution in [2.75, 3.05) is 0 Å². The number of carboxylic acids is 1. The highest BCUT2D eigenvalue weighted by molar-refractivity contribution is 5.85. The van der Waals surface area contributed by atoms with E-state index in [1.54, 1.807) is 0 Å². The maximum Gasteiger partial charge on any atom is 0.326 e. The van der Waals surface area contributed by atoms with Crippen molar-refractivity contribution in [3.63, 3.8) is 0 Å². The molecule has 0 saturated heterocycles. The molecule has 0 fully saturated rings. The van der Waals surface area contributed by atoms with Crippen LogP contribution in [-0.4, -0.2) is 32.6 Å². The number of rotatable bonds is 7. The van der Waals surface area contributed by atoms with Crippen LogP contribution < -0.4 is 5.32 Å². The van der Waals surface area contributed by atoms with Gasteiger partial charge in [-0.25, -0.2) is 9.78 Å². The van der Waals surface area contributed by atoms with E-state index in [4.69, 9.17) is 0 Å². The van der Waals surface area contributed by atoms with E-state index < -0.39 is 12.0 Å². The van der Waals surface area contributed by atoms with E-state index in [9.17, 15) is 14.7 Å². The van der Waals surface area contributed by atoms with Crippen LogP contribution in [0.1, 0.15) is 33.0 Å². The van der Waals surface area contributed by atoms with E-state index in [2.05, 4.69) is 10.3 Å². The lowest BCUT2D eigenvalue weighted by Gasteiger charge is -2.20. The molecule has 6 heteroatoms. The summed E-state index contributed by atoms with van der Waals surface area (Å²) in [6.45, 7) is 5.78. The Morgan fingerprint density at radius 2 is 2.00 bits per heavy atom. The lowest BCUT2D eigenvalue weighted by molar-refractivity contribution is -0.143. The molecule has 2 aromatic rings. The van der Waals surface area contributed by atoms with E-state index >= 15 is 0 Å². The summed E-state index contributed by atoms with van der Waals surface area (Å²) in [5.41, 5.74) is 1.73. The first kappa shape index (κ1) is 17.0. The molecule has 6 nitrogen and oxygen atoms in total. The molecule has 0 unspecified atom stereocenters. The summed E-state index contributed by atoms with van der Waals surface area (Å²) in [5, 5.41) is 11.9. The first-order chi connectivity index (χ1) is 11.0. The lowest BCUT2D eigenvalue weighted by atomic mass is 9.99. The van der Waals surface area contributed by atoms with E-state index in [1.165, 1.54) is 0 Å². The molecular formula is C17H23N3O3. The van der Waals surface area contributed by atoms with E-state index in [0.717, 1.165) is 16.9 Å². The number of nitrogens with zero attached hydrogens (tertiary/aromatic N) is 2. The van der Waals surface area contributed by atoms with Crippen molar-refractivity contribution in [1.29, 1.82) is 0 Å². The van der Waals surface area contributed by atoms with Crippen molar-refractivity contribution in [2.24, 2.45) is 5.92 Å². The number of carbonyl (C=O) groups excluding carboxylic acids is 1. The summed E-state index contributed by atoms with van der Waals surface area (Å²) in [7, 11) is 0. The molecule has 1 amide bonds. The largest absolute Gasteiger partial charge is 0.480 e. The SMILES string of the molecule is CCc1nc2ccccc2n1CC(=O)N[C@H](C(=O)O)[C@@H](C)CC. The number of aliphatic carboxylic acids is 1. The fourth-order valence-corrected chi connectivity index (χ4v) is 2.62. The number of fused-ring (bicyclic) bond motifs is 1. The number of aromatic nitrogens is 2. The van der Waals surface area contributed by atoms with Crippen molar-refractivity contribution in [3.8, 4) is 0 Å². The van der Waals surface area contributed by atoms with Crippen LogP contribution in [0.15, 0.2) is 24.3 Å². The van der Waals surface area contributed by atoms with Gasteiger partial charge in [0.05, 0.1) is 11.0 Å². The van der Waals surface area contributed by atoms with Gasteiger partial charge in [-0.15, -0.1) is 0 Å². The second-order valence-electron chi connectivity index (χ2n) is 5.73. The van der Waals surface area contributed by atoms with Gasteiger partial charge >= 0.3 is 5.97 Å². The van der Waals surface area contributed by atoms with Crippen molar-refractivity contribution >= 4 is 22.9 Å². The first-order valence-electron chi connectivity index (χ1n) is 7.94. The molecule has 0 radical (unpaired) electrons. The molecular weight excluding hydrogens is 294 g/mol. The van der Waals surface area contributed by atoms with Crippen LogP contribution in [0.2, 0.25) is 0 Å². The van der Waals surface area contributed by atoms with E-state index in [0.29, 0.717) is 12.8 Å². The number of amides is 1. The number of carboxylic acid groups (broad SMARTS) is 1. The van der Waals surface area contributed by atoms with Crippen LogP contribution >= 0.6 is 0 Å². The third-order valence-electron chi connectivity index (χ3n) is 4.15. The van der Waals surface area contributed by atoms with Crippen LogP contribution in [-0.2, 0) is 22.6 Å². The van der Waals surface area contributed by atoms with E-state index in [1.807, 2.05) is 49.6 Å². The standard InChI is InChI=1S/C17H23N3O3/c1-4-11(3)16(17(22)23)19-15(21)10-20-13-9-7-6-8-12(13)18-14(20)5-2/h6-9,11,16H,4-5,10H2,1-3H3,(H,19,21)(H,22,23)/t11-,16-/m0/s1. The number of hydrogen-bond donors (Lipinski definition) is 2. The van der Waals surface area contributed by atoms with Gasteiger partial charge in [-0.1, -0.05) is 39.3 Å². The molecule has 124 valence electrons. The van der Waals surface area contributed by atoms with Crippen LogP contribution in [0.3, 0.4) is 0 Å². The Bertz CT molecular complexity index is 708. The Labute approximate surface area is 135 Å². The normalized spacial score (nSPS) is 13.7. The molecule has 2 rings (SSSR count). The molecule has 0 aliphatic heterocycles. The predicted octanol–water partition coefficient (Wildman–Crippen LogP) is 2.21. The topological polar surface area (TPSA) is 84.2 Å². The third kappa shape index (κ3) is 3.70. The quantitative estimate of drug-likeness (QED) is 0.820. The molecule has 23 heavy (non-hydrogen) atoms. The molecule has 0 bridgehead atoms. The Kier molecular flexibility index (Phi) is 5.36. The molecule has 1 aromatic carbocycles. The summed E-state index contributed by atoms with van der Waals surface area (Å²) in [6, 6.07) is 6.76. The molecule has 1 aromatic heterocycles. The third-order valence-corrected chi connectivity index (χ3v) is 4.15. The Morgan fingerprint density at radius 3 is 2.61 bits per heavy atom. The summed E-state index contributed by atoms with van der Waals surface area (Å²) in [5.74, 6) is -0.618. The second-order valence-corrected chi connectivity index (χ2v) is 5.73. The molecule has 2 N–H and O–H groups in total. The monoisotopic (exact) mass is 317 g/mol. The fourth-order valence-electron chi connectivity index (χ4n) is 2.62. The smallest absolute Gasteiger partial charge is 0.326 e. The maximum atomic E-state index is 12.3. The molecule has 1 heterocycles. The highest BCUT2D eigenvalue weighted by atomic mass is 16.4. The zero-order valence-corrected chi connectivity index (χ0v) is 13.7. The Morgan fingerprint density at radius 1 is 1.30 bits per heavy atom. The van der Waals surface area contributed by atoms with Crippen LogP contribution in [0.25, 0.3) is 11.0 Å². The van der Waals surface area contributed by atoms with Gasteiger partial charge in [0, 0.05) is 6.42 Å². The highest BCUT2D eigenvalue weighted by Gasteiger charge is 2.25. The van der Waals surface area contributed by atoms with Crippen molar-refractivity contribution in [1.82, 2.24) is 14.9 Å². The van der Waals surface area contributed by atoms with Crippen LogP contribution in [0, 0.1) is 5.92 Å². The average molecular weight is 317 g/mol. The molecule has 0 aliphatic carbocycles. The number of imidazole rings is 1. The summed E-state index contributed by atoms with van der Waals surface area (Å²) in [6.07, 6.45) is 1.39. The van der Waals surface area contributed by atoms with Gasteiger partial charge in [0.2, 0.25) is 5.91 Å². The predicted molar refractivity (Wildman–Crippen MR) is 88.1 cm³/mol. The zero-order chi connectivity index (χ0) is 17.0. The lowest BCUT2D eigenvalue weighted by Crippen LogP contribution is -2.46. The van der Waals surface area contributed by atoms with Gasteiger partial charge in [-0.3, -0.25) is 4.79 Å². The van der Waals surface area contributed by atoms with Gasteiger partial charge in [-0.05, 0) is 18.1 Å². The van der Waals surface area contributed by atoms with Crippen molar-refractivity contribution in [3.05, 3.63) is 30.1 Å². The summed E-state index contributed by atoms with van der Waals surface area (Å²) >= 11 is 0. The van der Waals surface area contributed by atoms with E-state index in [-0.39, 0.29) is 18.4 Å². The minimum atomic E-state index is -1.00. The number of hydrogen-bond acceptors (Lipinski definition) is 3. The minimum absolute atomic E-state index is 0.0733. The van der Waals surface area contributed by atoms with Gasteiger partial charge < -0.3 is 15.0 Å². The van der Waals surface area contributed by atoms with Gasteiger partial charge in [-0.2, -0.15) is 0 Å². The molecule has 0 aliphatic rings.